The summed E-state index contributed by atoms with van der Waals surface area (Å²) in [5.74, 6) is 2.18. The molecule has 0 radical (unpaired) electrons. The summed E-state index contributed by atoms with van der Waals surface area (Å²) < 4.78 is 7.82. The van der Waals surface area contributed by atoms with E-state index in [1.165, 1.54) is 0 Å². The number of para-hydroxylation sites is 1. The number of rotatable bonds is 7. The highest BCUT2D eigenvalue weighted by molar-refractivity contribution is 5.35. The number of nitrogens with two attached hydrogens (primary N) is 1. The van der Waals surface area contributed by atoms with Crippen LogP contribution in [-0.4, -0.2) is 14.8 Å². The average molecular weight is 288 g/mol. The van der Waals surface area contributed by atoms with Crippen LogP contribution in [-0.2, 0) is 13.2 Å². The zero-order valence-corrected chi connectivity index (χ0v) is 13.0. The summed E-state index contributed by atoms with van der Waals surface area (Å²) >= 11 is 0. The summed E-state index contributed by atoms with van der Waals surface area (Å²) in [7, 11) is 0. The molecule has 2 aromatic rings. The standard InChI is InChI=1S/C16H24N4O/c1-4-14(17)13-7-5-6-8-15(13)21-10-16-18-11-19-20(16)9-12(2)3/h5-8,11-12,14H,4,9-10,17H2,1-3H3/t14-/m1/s1. The Morgan fingerprint density at radius 3 is 2.76 bits per heavy atom. The predicted molar refractivity (Wildman–Crippen MR) is 82.9 cm³/mol. The van der Waals surface area contributed by atoms with Crippen molar-refractivity contribution in [1.82, 2.24) is 14.8 Å². The lowest BCUT2D eigenvalue weighted by Gasteiger charge is -2.16. The van der Waals surface area contributed by atoms with Crippen molar-refractivity contribution in [3.63, 3.8) is 0 Å². The molecule has 0 saturated carbocycles. The normalized spacial score (nSPS) is 12.6. The first-order valence-corrected chi connectivity index (χ1v) is 7.45. The van der Waals surface area contributed by atoms with Crippen LogP contribution in [0.5, 0.6) is 5.75 Å². The van der Waals surface area contributed by atoms with Crippen LogP contribution in [0.4, 0.5) is 0 Å². The molecular weight excluding hydrogens is 264 g/mol. The molecule has 1 aromatic carbocycles. The minimum atomic E-state index is -0.00488. The Balaban J connectivity index is 2.08. The van der Waals surface area contributed by atoms with E-state index in [4.69, 9.17) is 10.5 Å². The van der Waals surface area contributed by atoms with E-state index in [1.54, 1.807) is 6.33 Å². The van der Waals surface area contributed by atoms with E-state index in [9.17, 15) is 0 Å². The Kier molecular flexibility index (Phi) is 5.33. The third-order valence-electron chi connectivity index (χ3n) is 3.35. The Hall–Kier alpha value is -1.88. The maximum Gasteiger partial charge on any atom is 0.164 e. The lowest BCUT2D eigenvalue weighted by atomic mass is 10.0. The highest BCUT2D eigenvalue weighted by Gasteiger charge is 2.12. The number of hydrogen-bond donors (Lipinski definition) is 1. The quantitative estimate of drug-likeness (QED) is 0.850. The third-order valence-corrected chi connectivity index (χ3v) is 3.35. The molecule has 114 valence electrons. The van der Waals surface area contributed by atoms with Gasteiger partial charge in [-0.25, -0.2) is 9.67 Å². The van der Waals surface area contributed by atoms with Gasteiger partial charge in [-0.3, -0.25) is 0 Å². The Morgan fingerprint density at radius 2 is 2.05 bits per heavy atom. The first-order chi connectivity index (χ1) is 10.1. The molecular formula is C16H24N4O. The molecule has 0 saturated heterocycles. The molecule has 0 bridgehead atoms. The van der Waals surface area contributed by atoms with Crippen LogP contribution in [0.1, 0.15) is 44.6 Å². The SMILES string of the molecule is CC[C@@H](N)c1ccccc1OCc1ncnn1CC(C)C. The van der Waals surface area contributed by atoms with Gasteiger partial charge in [0.15, 0.2) is 5.82 Å². The fraction of sp³-hybridized carbons (Fsp3) is 0.500. The highest BCUT2D eigenvalue weighted by atomic mass is 16.5. The van der Waals surface area contributed by atoms with E-state index in [-0.39, 0.29) is 6.04 Å². The minimum Gasteiger partial charge on any atom is -0.485 e. The minimum absolute atomic E-state index is 0.00488. The van der Waals surface area contributed by atoms with Gasteiger partial charge in [-0.2, -0.15) is 5.10 Å². The van der Waals surface area contributed by atoms with Crippen molar-refractivity contribution in [3.05, 3.63) is 42.0 Å². The highest BCUT2D eigenvalue weighted by Crippen LogP contribution is 2.25. The van der Waals surface area contributed by atoms with Crippen molar-refractivity contribution < 1.29 is 4.74 Å². The number of hydrogen-bond acceptors (Lipinski definition) is 4. The third kappa shape index (κ3) is 4.04. The maximum absolute atomic E-state index is 6.13. The fourth-order valence-corrected chi connectivity index (χ4v) is 2.18. The summed E-state index contributed by atoms with van der Waals surface area (Å²) in [5, 5.41) is 4.24. The van der Waals surface area contributed by atoms with Gasteiger partial charge in [0.25, 0.3) is 0 Å². The Bertz CT molecular complexity index is 565. The van der Waals surface area contributed by atoms with Crippen LogP contribution in [0, 0.1) is 5.92 Å². The van der Waals surface area contributed by atoms with Crippen molar-refractivity contribution >= 4 is 0 Å². The van der Waals surface area contributed by atoms with Crippen LogP contribution in [0.2, 0.25) is 0 Å². The van der Waals surface area contributed by atoms with Gasteiger partial charge in [-0.15, -0.1) is 0 Å². The summed E-state index contributed by atoms with van der Waals surface area (Å²) in [5.41, 5.74) is 7.16. The van der Waals surface area contributed by atoms with E-state index in [0.29, 0.717) is 12.5 Å². The molecule has 2 N–H and O–H groups in total. The van der Waals surface area contributed by atoms with Crippen molar-refractivity contribution in [2.24, 2.45) is 11.7 Å². The van der Waals surface area contributed by atoms with E-state index < -0.39 is 0 Å². The van der Waals surface area contributed by atoms with Gasteiger partial charge < -0.3 is 10.5 Å². The van der Waals surface area contributed by atoms with Gasteiger partial charge >= 0.3 is 0 Å². The lowest BCUT2D eigenvalue weighted by molar-refractivity contribution is 0.278. The molecule has 0 spiro atoms. The van der Waals surface area contributed by atoms with E-state index in [2.05, 4.69) is 30.9 Å². The first kappa shape index (κ1) is 15.5. The zero-order valence-electron chi connectivity index (χ0n) is 13.0. The molecule has 2 rings (SSSR count). The van der Waals surface area contributed by atoms with E-state index in [0.717, 1.165) is 30.1 Å². The van der Waals surface area contributed by atoms with Gasteiger partial charge in [0.1, 0.15) is 18.7 Å². The Morgan fingerprint density at radius 1 is 1.29 bits per heavy atom. The van der Waals surface area contributed by atoms with E-state index in [1.807, 2.05) is 28.9 Å². The van der Waals surface area contributed by atoms with Crippen LogP contribution in [0.15, 0.2) is 30.6 Å². The monoisotopic (exact) mass is 288 g/mol. The van der Waals surface area contributed by atoms with Crippen molar-refractivity contribution in [1.29, 1.82) is 0 Å². The molecule has 0 unspecified atom stereocenters. The molecule has 21 heavy (non-hydrogen) atoms. The smallest absolute Gasteiger partial charge is 0.164 e. The zero-order chi connectivity index (χ0) is 15.2. The van der Waals surface area contributed by atoms with Crippen LogP contribution >= 0.6 is 0 Å². The molecule has 5 heteroatoms. The van der Waals surface area contributed by atoms with E-state index >= 15 is 0 Å². The van der Waals surface area contributed by atoms with Crippen LogP contribution in [0.25, 0.3) is 0 Å². The largest absolute Gasteiger partial charge is 0.485 e. The summed E-state index contributed by atoms with van der Waals surface area (Å²) in [6, 6.07) is 7.91. The second-order valence-corrected chi connectivity index (χ2v) is 5.59. The average Bonchev–Trinajstić information content (AvgIpc) is 2.91. The lowest BCUT2D eigenvalue weighted by Crippen LogP contribution is -2.14. The van der Waals surface area contributed by atoms with Gasteiger partial charge in [0, 0.05) is 18.2 Å². The van der Waals surface area contributed by atoms with Gasteiger partial charge in [0.05, 0.1) is 0 Å². The van der Waals surface area contributed by atoms with Crippen molar-refractivity contribution in [3.8, 4) is 5.75 Å². The number of nitrogens with zero attached hydrogens (tertiary/aromatic N) is 3. The molecule has 0 aliphatic rings. The van der Waals surface area contributed by atoms with Gasteiger partial charge in [0.2, 0.25) is 0 Å². The molecule has 0 amide bonds. The molecule has 5 nitrogen and oxygen atoms in total. The molecule has 1 heterocycles. The predicted octanol–water partition coefficient (Wildman–Crippen LogP) is 2.92. The van der Waals surface area contributed by atoms with Gasteiger partial charge in [-0.1, -0.05) is 39.0 Å². The molecule has 1 aromatic heterocycles. The van der Waals surface area contributed by atoms with Crippen LogP contribution < -0.4 is 10.5 Å². The van der Waals surface area contributed by atoms with Crippen molar-refractivity contribution in [2.45, 2.75) is 46.4 Å². The first-order valence-electron chi connectivity index (χ1n) is 7.45. The van der Waals surface area contributed by atoms with Gasteiger partial charge in [-0.05, 0) is 18.4 Å². The number of aromatic nitrogens is 3. The second-order valence-electron chi connectivity index (χ2n) is 5.59. The van der Waals surface area contributed by atoms with Crippen molar-refractivity contribution in [2.75, 3.05) is 0 Å². The maximum atomic E-state index is 6.13. The molecule has 0 aliphatic heterocycles. The van der Waals surface area contributed by atoms with Crippen LogP contribution in [0.3, 0.4) is 0 Å². The molecule has 1 atom stereocenters. The fourth-order valence-electron chi connectivity index (χ4n) is 2.18. The number of benzene rings is 1. The summed E-state index contributed by atoms with van der Waals surface area (Å²) in [4.78, 5) is 4.27. The summed E-state index contributed by atoms with van der Waals surface area (Å²) in [6.45, 7) is 7.62. The Labute approximate surface area is 126 Å². The number of ether oxygens (including phenoxy) is 1. The summed E-state index contributed by atoms with van der Waals surface area (Å²) in [6.07, 6.45) is 2.45. The molecule has 0 fully saturated rings. The second kappa shape index (κ2) is 7.22. The molecule has 0 aliphatic carbocycles. The topological polar surface area (TPSA) is 66.0 Å².